The molecule has 0 spiro atoms. The van der Waals surface area contributed by atoms with Crippen LogP contribution in [0.5, 0.6) is 5.75 Å². The molecule has 3 aromatic carbocycles. The summed E-state index contributed by atoms with van der Waals surface area (Å²) in [6, 6.07) is 15.5. The molecule has 0 aliphatic carbocycles. The van der Waals surface area contributed by atoms with Gasteiger partial charge in [-0.15, -0.1) is 0 Å². The Balaban J connectivity index is 1.54. The molecule has 0 saturated carbocycles. The van der Waals surface area contributed by atoms with Gasteiger partial charge in [0.05, 0.1) is 15.5 Å². The zero-order chi connectivity index (χ0) is 20.1. The first kappa shape index (κ1) is 20.3. The summed E-state index contributed by atoms with van der Waals surface area (Å²) in [4.78, 5) is 23.3. The summed E-state index contributed by atoms with van der Waals surface area (Å²) >= 11 is 6.42. The van der Waals surface area contributed by atoms with Crippen LogP contribution < -0.4 is 16.2 Å². The minimum absolute atomic E-state index is 0.0468. The molecule has 0 aliphatic heterocycles. The second-order valence-corrected chi connectivity index (χ2v) is 7.68. The molecule has 6 nitrogen and oxygen atoms in total. The Morgan fingerprint density at radius 3 is 2.57 bits per heavy atom. The van der Waals surface area contributed by atoms with Crippen LogP contribution >= 0.6 is 31.9 Å². The van der Waals surface area contributed by atoms with Crippen molar-refractivity contribution in [1.82, 2.24) is 10.9 Å². The molecule has 8 heteroatoms. The molecule has 0 fully saturated rings. The predicted molar refractivity (Wildman–Crippen MR) is 116 cm³/mol. The number of anilines is 1. The Labute approximate surface area is 178 Å². The quantitative estimate of drug-likeness (QED) is 0.286. The van der Waals surface area contributed by atoms with E-state index in [0.717, 1.165) is 16.5 Å². The summed E-state index contributed by atoms with van der Waals surface area (Å²) in [5.74, 6) is -0.299. The van der Waals surface area contributed by atoms with Gasteiger partial charge in [0.15, 0.2) is 6.29 Å². The van der Waals surface area contributed by atoms with E-state index in [1.54, 1.807) is 6.07 Å². The monoisotopic (exact) mass is 505 g/mol. The number of rotatable bonds is 7. The highest BCUT2D eigenvalue weighted by molar-refractivity contribution is 9.11. The molecule has 0 heterocycles. The number of aldehydes is 1. The Hall–Kier alpha value is -2.42. The Kier molecular flexibility index (Phi) is 6.66. The third-order valence-electron chi connectivity index (χ3n) is 4.14. The molecule has 4 N–H and O–H groups in total. The van der Waals surface area contributed by atoms with Gasteiger partial charge >= 0.3 is 0 Å². The number of fused-ring (bicyclic) bond motifs is 1. The number of aromatic hydroxyl groups is 1. The third kappa shape index (κ3) is 4.70. The molecule has 0 saturated heterocycles. The summed E-state index contributed by atoms with van der Waals surface area (Å²) in [5, 5.41) is 15.2. The van der Waals surface area contributed by atoms with Crippen LogP contribution in [0.4, 0.5) is 5.69 Å². The van der Waals surface area contributed by atoms with Crippen LogP contribution in [-0.4, -0.2) is 23.8 Å². The lowest BCUT2D eigenvalue weighted by Gasteiger charge is -2.13. The van der Waals surface area contributed by atoms with Gasteiger partial charge in [-0.05, 0) is 66.4 Å². The average molecular weight is 507 g/mol. The number of nitrogens with one attached hydrogen (secondary N) is 3. The lowest BCUT2D eigenvalue weighted by atomic mass is 10.1. The first-order valence-electron chi connectivity index (χ1n) is 8.39. The normalized spacial score (nSPS) is 10.6. The molecule has 3 rings (SSSR count). The third-order valence-corrected chi connectivity index (χ3v) is 5.55. The van der Waals surface area contributed by atoms with E-state index in [4.69, 9.17) is 0 Å². The van der Waals surface area contributed by atoms with E-state index in [1.165, 1.54) is 0 Å². The van der Waals surface area contributed by atoms with Gasteiger partial charge in [0.2, 0.25) is 0 Å². The van der Waals surface area contributed by atoms with Gasteiger partial charge in [0, 0.05) is 17.8 Å². The van der Waals surface area contributed by atoms with Crippen molar-refractivity contribution in [2.75, 3.05) is 11.9 Å². The maximum atomic E-state index is 12.0. The SMILES string of the molecule is O=Cc1c(CNNC(=O)CNc2ccc3ccccc3c2)cc(Br)c(O)c1Br. The molecule has 28 heavy (non-hydrogen) atoms. The fourth-order valence-electron chi connectivity index (χ4n) is 2.71. The number of phenolic OH excluding ortho intramolecular Hbond substituents is 1. The number of hydrazine groups is 1. The number of phenols is 1. The van der Waals surface area contributed by atoms with Crippen LogP contribution in [0.2, 0.25) is 0 Å². The summed E-state index contributed by atoms with van der Waals surface area (Å²) < 4.78 is 0.754. The van der Waals surface area contributed by atoms with Crippen molar-refractivity contribution in [2.24, 2.45) is 0 Å². The molecular weight excluding hydrogens is 490 g/mol. The van der Waals surface area contributed by atoms with E-state index >= 15 is 0 Å². The standard InChI is InChI=1S/C20H17Br2N3O3/c21-17-8-14(16(11-26)19(22)20(17)28)9-24-25-18(27)10-23-15-6-5-12-3-1-2-4-13(12)7-15/h1-8,11,23-24,28H,9-10H2,(H,25,27). The number of carbonyl (C=O) groups is 2. The second kappa shape index (κ2) is 9.18. The molecule has 1 amide bonds. The zero-order valence-corrected chi connectivity index (χ0v) is 17.8. The number of amides is 1. The van der Waals surface area contributed by atoms with Gasteiger partial charge in [0.1, 0.15) is 5.75 Å². The van der Waals surface area contributed by atoms with Crippen LogP contribution in [0.3, 0.4) is 0 Å². The maximum absolute atomic E-state index is 12.0. The van der Waals surface area contributed by atoms with Gasteiger partial charge < -0.3 is 10.4 Å². The minimum atomic E-state index is -0.252. The van der Waals surface area contributed by atoms with Crippen LogP contribution in [0.25, 0.3) is 10.8 Å². The molecule has 144 valence electrons. The highest BCUT2D eigenvalue weighted by Crippen LogP contribution is 2.36. The van der Waals surface area contributed by atoms with Crippen LogP contribution in [0, 0.1) is 0 Å². The summed E-state index contributed by atoms with van der Waals surface area (Å²) in [5.41, 5.74) is 7.16. The highest BCUT2D eigenvalue weighted by Gasteiger charge is 2.14. The van der Waals surface area contributed by atoms with Crippen molar-refractivity contribution in [3.8, 4) is 5.75 Å². The first-order valence-corrected chi connectivity index (χ1v) is 9.97. The lowest BCUT2D eigenvalue weighted by Crippen LogP contribution is -2.40. The topological polar surface area (TPSA) is 90.5 Å². The van der Waals surface area contributed by atoms with E-state index in [1.807, 2.05) is 42.5 Å². The number of hydrogen-bond donors (Lipinski definition) is 4. The largest absolute Gasteiger partial charge is 0.506 e. The molecule has 0 radical (unpaired) electrons. The minimum Gasteiger partial charge on any atom is -0.506 e. The van der Waals surface area contributed by atoms with Crippen molar-refractivity contribution in [3.63, 3.8) is 0 Å². The average Bonchev–Trinajstić information content (AvgIpc) is 2.70. The van der Waals surface area contributed by atoms with Crippen LogP contribution in [-0.2, 0) is 11.3 Å². The fraction of sp³-hybridized carbons (Fsp3) is 0.100. The number of halogens is 2. The molecule has 0 atom stereocenters. The van der Waals surface area contributed by atoms with Crippen molar-refractivity contribution in [1.29, 1.82) is 0 Å². The van der Waals surface area contributed by atoms with E-state index in [2.05, 4.69) is 48.0 Å². The highest BCUT2D eigenvalue weighted by atomic mass is 79.9. The van der Waals surface area contributed by atoms with E-state index in [0.29, 0.717) is 26.4 Å². The van der Waals surface area contributed by atoms with Gasteiger partial charge in [-0.25, -0.2) is 5.43 Å². The molecular formula is C20H17Br2N3O3. The van der Waals surface area contributed by atoms with Crippen LogP contribution in [0.15, 0.2) is 57.5 Å². The second-order valence-electron chi connectivity index (χ2n) is 6.03. The number of hydrogen-bond acceptors (Lipinski definition) is 5. The van der Waals surface area contributed by atoms with E-state index < -0.39 is 0 Å². The smallest absolute Gasteiger partial charge is 0.253 e. The summed E-state index contributed by atoms with van der Waals surface area (Å²) in [6.07, 6.45) is 0.649. The Morgan fingerprint density at radius 2 is 1.82 bits per heavy atom. The van der Waals surface area contributed by atoms with E-state index in [-0.39, 0.29) is 24.7 Å². The van der Waals surface area contributed by atoms with E-state index in [9.17, 15) is 14.7 Å². The number of benzene rings is 3. The zero-order valence-electron chi connectivity index (χ0n) is 14.6. The van der Waals surface area contributed by atoms with Crippen molar-refractivity contribution >= 4 is 60.5 Å². The van der Waals surface area contributed by atoms with Gasteiger partial charge in [-0.1, -0.05) is 30.3 Å². The summed E-state index contributed by atoms with van der Waals surface area (Å²) in [7, 11) is 0. The lowest BCUT2D eigenvalue weighted by molar-refractivity contribution is -0.120. The molecule has 3 aromatic rings. The Morgan fingerprint density at radius 1 is 1.07 bits per heavy atom. The van der Waals surface area contributed by atoms with Crippen molar-refractivity contribution in [2.45, 2.75) is 6.54 Å². The van der Waals surface area contributed by atoms with Gasteiger partial charge in [0.25, 0.3) is 5.91 Å². The van der Waals surface area contributed by atoms with Crippen molar-refractivity contribution in [3.05, 3.63) is 68.6 Å². The molecule has 0 aliphatic rings. The molecule has 0 bridgehead atoms. The molecule has 0 aromatic heterocycles. The Bertz CT molecular complexity index is 1040. The van der Waals surface area contributed by atoms with Gasteiger partial charge in [-0.3, -0.25) is 15.0 Å². The predicted octanol–water partition coefficient (Wildman–Crippen LogP) is 4.12. The van der Waals surface area contributed by atoms with Crippen molar-refractivity contribution < 1.29 is 14.7 Å². The maximum Gasteiger partial charge on any atom is 0.253 e. The molecule has 0 unspecified atom stereocenters. The summed E-state index contributed by atoms with van der Waals surface area (Å²) in [6.45, 7) is 0.308. The fourth-order valence-corrected chi connectivity index (χ4v) is 4.01. The van der Waals surface area contributed by atoms with Gasteiger partial charge in [-0.2, -0.15) is 0 Å². The first-order chi connectivity index (χ1) is 13.5. The van der Waals surface area contributed by atoms with Crippen LogP contribution in [0.1, 0.15) is 15.9 Å². The number of carbonyl (C=O) groups excluding carboxylic acids is 2.